The molecule has 164 valence electrons. The van der Waals surface area contributed by atoms with Crippen LogP contribution in [0.15, 0.2) is 53.4 Å². The van der Waals surface area contributed by atoms with E-state index in [1.807, 2.05) is 6.07 Å². The van der Waals surface area contributed by atoms with Crippen molar-refractivity contribution in [3.63, 3.8) is 0 Å². The second kappa shape index (κ2) is 8.12. The van der Waals surface area contributed by atoms with Gasteiger partial charge in [-0.2, -0.15) is 0 Å². The van der Waals surface area contributed by atoms with Crippen LogP contribution in [0.25, 0.3) is 11.6 Å². The molecule has 8 heteroatoms. The van der Waals surface area contributed by atoms with Gasteiger partial charge in [-0.15, -0.1) is 0 Å². The van der Waals surface area contributed by atoms with E-state index < -0.39 is 15.8 Å². The Morgan fingerprint density at radius 2 is 1.81 bits per heavy atom. The highest BCUT2D eigenvalue weighted by Gasteiger charge is 2.27. The Morgan fingerprint density at radius 3 is 2.50 bits per heavy atom. The van der Waals surface area contributed by atoms with Gasteiger partial charge < -0.3 is 15.4 Å². The lowest BCUT2D eigenvalue weighted by Gasteiger charge is -2.07. The van der Waals surface area contributed by atoms with E-state index in [2.05, 4.69) is 10.3 Å². The van der Waals surface area contributed by atoms with Crippen LogP contribution in [0.5, 0.6) is 0 Å². The number of carboxylic acids is 1. The van der Waals surface area contributed by atoms with Crippen molar-refractivity contribution in [1.29, 1.82) is 0 Å². The van der Waals surface area contributed by atoms with Crippen LogP contribution < -0.4 is 5.32 Å². The van der Waals surface area contributed by atoms with E-state index in [9.17, 15) is 18.0 Å². The summed E-state index contributed by atoms with van der Waals surface area (Å²) in [5, 5.41) is 11.9. The lowest BCUT2D eigenvalue weighted by atomic mass is 10.0. The number of hydrogen-bond acceptors (Lipinski definition) is 4. The molecule has 3 N–H and O–H groups in total. The monoisotopic (exact) mass is 450 g/mol. The summed E-state index contributed by atoms with van der Waals surface area (Å²) in [6.45, 7) is 3.58. The molecule has 0 aliphatic carbocycles. The summed E-state index contributed by atoms with van der Waals surface area (Å²) in [4.78, 5) is 27.1. The molecule has 2 heterocycles. The number of amides is 1. The van der Waals surface area contributed by atoms with Gasteiger partial charge in [-0.3, -0.25) is 9.59 Å². The highest BCUT2D eigenvalue weighted by Crippen LogP contribution is 2.36. The van der Waals surface area contributed by atoms with Crippen molar-refractivity contribution in [2.24, 2.45) is 0 Å². The van der Waals surface area contributed by atoms with Gasteiger partial charge in [0.15, 0.2) is 9.84 Å². The smallest absolute Gasteiger partial charge is 0.307 e. The Labute approximate surface area is 185 Å². The first-order valence-electron chi connectivity index (χ1n) is 9.99. The predicted molar refractivity (Wildman–Crippen MR) is 122 cm³/mol. The molecule has 0 saturated carbocycles. The molecule has 1 aromatic heterocycles. The van der Waals surface area contributed by atoms with E-state index in [1.165, 1.54) is 12.1 Å². The molecule has 4 rings (SSSR count). The number of fused-ring (bicyclic) bond motifs is 1. The molecule has 32 heavy (non-hydrogen) atoms. The number of carbonyl (C=O) groups is 2. The summed E-state index contributed by atoms with van der Waals surface area (Å²) in [5.74, 6) is -1.42. The topological polar surface area (TPSA) is 116 Å². The van der Waals surface area contributed by atoms with Crippen molar-refractivity contribution < 1.29 is 23.1 Å². The third kappa shape index (κ3) is 4.09. The molecule has 0 radical (unpaired) electrons. The summed E-state index contributed by atoms with van der Waals surface area (Å²) in [6, 6.07) is 13.5. The molecular weight excluding hydrogens is 428 g/mol. The zero-order valence-corrected chi connectivity index (χ0v) is 18.4. The minimum atomic E-state index is -3.61. The zero-order chi connectivity index (χ0) is 23.0. The molecule has 0 bridgehead atoms. The van der Waals surface area contributed by atoms with Gasteiger partial charge in [0.05, 0.1) is 22.6 Å². The molecule has 0 fully saturated rings. The van der Waals surface area contributed by atoms with Crippen molar-refractivity contribution in [3.8, 4) is 0 Å². The fourth-order valence-corrected chi connectivity index (χ4v) is 5.27. The minimum absolute atomic E-state index is 0.123. The van der Waals surface area contributed by atoms with E-state index in [0.29, 0.717) is 33.6 Å². The average molecular weight is 451 g/mol. The molecule has 0 atom stereocenters. The number of rotatable bonds is 6. The van der Waals surface area contributed by atoms with Gasteiger partial charge in [0, 0.05) is 22.6 Å². The quantitative estimate of drug-likeness (QED) is 0.495. The maximum Gasteiger partial charge on any atom is 0.307 e. The third-order valence-corrected chi connectivity index (χ3v) is 7.27. The number of hydrogen-bond donors (Lipinski definition) is 3. The number of carboxylic acid groups (broad SMARTS) is 1. The Morgan fingerprint density at radius 1 is 1.09 bits per heavy atom. The number of nitrogens with one attached hydrogen (secondary N) is 2. The first kappa shape index (κ1) is 21.6. The van der Waals surface area contributed by atoms with Gasteiger partial charge in [-0.1, -0.05) is 30.3 Å². The van der Waals surface area contributed by atoms with Crippen LogP contribution in [-0.2, 0) is 31.6 Å². The first-order valence-corrected chi connectivity index (χ1v) is 11.6. The van der Waals surface area contributed by atoms with Crippen LogP contribution in [0.3, 0.4) is 0 Å². The maximum atomic E-state index is 13.0. The summed E-state index contributed by atoms with van der Waals surface area (Å²) < 4.78 is 25.9. The third-order valence-electron chi connectivity index (χ3n) is 5.58. The molecule has 2 aromatic carbocycles. The van der Waals surface area contributed by atoms with Crippen molar-refractivity contribution in [1.82, 2.24) is 4.98 Å². The van der Waals surface area contributed by atoms with Crippen molar-refractivity contribution >= 4 is 39.1 Å². The average Bonchev–Trinajstić information content (AvgIpc) is 3.18. The highest BCUT2D eigenvalue weighted by atomic mass is 32.2. The number of aryl methyl sites for hydroxylation is 1. The Bertz CT molecular complexity index is 1370. The summed E-state index contributed by atoms with van der Waals surface area (Å²) in [5.41, 5.74) is 4.78. The number of carbonyl (C=O) groups excluding carboxylic acids is 1. The van der Waals surface area contributed by atoms with Crippen molar-refractivity contribution in [2.75, 3.05) is 5.32 Å². The molecule has 0 spiro atoms. The van der Waals surface area contributed by atoms with Gasteiger partial charge >= 0.3 is 5.97 Å². The molecule has 0 unspecified atom stereocenters. The predicted octanol–water partition coefficient (Wildman–Crippen LogP) is 3.73. The number of sulfone groups is 1. The number of aromatic amines is 1. The van der Waals surface area contributed by atoms with Crippen LogP contribution in [0.1, 0.15) is 33.6 Å². The van der Waals surface area contributed by atoms with Crippen molar-refractivity contribution in [2.45, 2.75) is 30.9 Å². The van der Waals surface area contributed by atoms with E-state index >= 15 is 0 Å². The van der Waals surface area contributed by atoms with Crippen LogP contribution in [-0.4, -0.2) is 30.4 Å². The Kier molecular flexibility index (Phi) is 5.48. The number of H-pyrrole nitrogens is 1. The summed E-state index contributed by atoms with van der Waals surface area (Å²) in [6.07, 6.45) is 1.52. The first-order chi connectivity index (χ1) is 15.2. The second-order valence-electron chi connectivity index (χ2n) is 7.80. The minimum Gasteiger partial charge on any atom is -0.481 e. The van der Waals surface area contributed by atoms with Gasteiger partial charge in [-0.05, 0) is 54.8 Å². The Balaban J connectivity index is 1.73. The maximum absolute atomic E-state index is 13.0. The number of aliphatic carboxylic acids is 1. The Hall–Kier alpha value is -3.65. The molecule has 1 aliphatic rings. The fourth-order valence-electron chi connectivity index (χ4n) is 3.90. The van der Waals surface area contributed by atoms with Crippen LogP contribution in [0.4, 0.5) is 5.69 Å². The molecular formula is C24H22N2O5S. The van der Waals surface area contributed by atoms with Gasteiger partial charge in [0.1, 0.15) is 0 Å². The van der Waals surface area contributed by atoms with E-state index in [-0.39, 0.29) is 23.0 Å². The van der Waals surface area contributed by atoms with Gasteiger partial charge in [0.25, 0.3) is 5.91 Å². The number of benzene rings is 2. The molecule has 7 nitrogen and oxygen atoms in total. The van der Waals surface area contributed by atoms with Crippen LogP contribution in [0, 0.1) is 13.8 Å². The van der Waals surface area contributed by atoms with Gasteiger partial charge in [-0.25, -0.2) is 8.42 Å². The second-order valence-corrected chi connectivity index (χ2v) is 9.79. The summed E-state index contributed by atoms with van der Waals surface area (Å²) >= 11 is 0. The molecule has 1 aliphatic heterocycles. The SMILES string of the molecule is Cc1[nH]c(/C=C2\C(=O)Nc3ccc(S(=O)(=O)Cc4ccccc4)cc32)c(C)c1CC(=O)O. The number of anilines is 1. The van der Waals surface area contributed by atoms with E-state index in [1.54, 1.807) is 50.3 Å². The largest absolute Gasteiger partial charge is 0.481 e. The normalized spacial score (nSPS) is 14.4. The standard InChI is InChI=1S/C24H22N2O5S/c1-14-18(12-23(27)28)15(2)25-22(14)11-20-19-10-17(8-9-21(19)26-24(20)29)32(30,31)13-16-6-4-3-5-7-16/h3-11,25H,12-13H2,1-2H3,(H,26,29)(H,27,28)/b20-11-. The lowest BCUT2D eigenvalue weighted by molar-refractivity contribution is -0.136. The van der Waals surface area contributed by atoms with Gasteiger partial charge in [0.2, 0.25) is 0 Å². The van der Waals surface area contributed by atoms with Crippen LogP contribution in [0.2, 0.25) is 0 Å². The van der Waals surface area contributed by atoms with E-state index in [4.69, 9.17) is 5.11 Å². The lowest BCUT2D eigenvalue weighted by Crippen LogP contribution is -2.05. The number of aromatic nitrogens is 1. The molecule has 3 aromatic rings. The van der Waals surface area contributed by atoms with Crippen LogP contribution >= 0.6 is 0 Å². The zero-order valence-electron chi connectivity index (χ0n) is 17.6. The molecule has 1 amide bonds. The van der Waals surface area contributed by atoms with E-state index in [0.717, 1.165) is 11.3 Å². The fraction of sp³-hybridized carbons (Fsp3) is 0.167. The molecule has 0 saturated heterocycles. The van der Waals surface area contributed by atoms with Crippen molar-refractivity contribution in [3.05, 3.63) is 82.2 Å². The highest BCUT2D eigenvalue weighted by molar-refractivity contribution is 7.90. The summed E-state index contributed by atoms with van der Waals surface area (Å²) in [7, 11) is -3.61.